The summed E-state index contributed by atoms with van der Waals surface area (Å²) in [6.45, 7) is 4.44. The molecule has 0 unspecified atom stereocenters. The number of hydrogen-bond acceptors (Lipinski definition) is 0. The number of rotatable bonds is 6. The summed E-state index contributed by atoms with van der Waals surface area (Å²) in [6, 6.07) is 0. The first-order valence-electron chi connectivity index (χ1n) is 7.39. The van der Waals surface area contributed by atoms with Crippen molar-refractivity contribution in [1.29, 1.82) is 0 Å². The van der Waals surface area contributed by atoms with Gasteiger partial charge in [0.15, 0.2) is 0 Å². The zero-order valence-corrected chi connectivity index (χ0v) is 19.2. The smallest absolute Gasteiger partial charge is 0.269 e. The van der Waals surface area contributed by atoms with E-state index in [4.69, 9.17) is 0 Å². The molecule has 0 aliphatic heterocycles. The van der Waals surface area contributed by atoms with E-state index in [0.717, 1.165) is 12.8 Å². The zero-order chi connectivity index (χ0) is 13.1. The van der Waals surface area contributed by atoms with Crippen LogP contribution < -0.4 is 0 Å². The monoisotopic (exact) mass is 492 g/mol. The Kier molecular flexibility index (Phi) is 24.0. The zero-order valence-electron chi connectivity index (χ0n) is 13.3. The van der Waals surface area contributed by atoms with Crippen molar-refractivity contribution in [3.63, 3.8) is 0 Å². The first kappa shape index (κ1) is 26.7. The molecule has 2 aliphatic carbocycles. The average Bonchev–Trinajstić information content (AvgIpc) is 3.07. The van der Waals surface area contributed by atoms with Gasteiger partial charge in [0.05, 0.1) is 0 Å². The van der Waals surface area contributed by atoms with Crippen LogP contribution in [0.25, 0.3) is 0 Å². The van der Waals surface area contributed by atoms with Gasteiger partial charge in [-0.3, -0.25) is 12.2 Å². The summed E-state index contributed by atoms with van der Waals surface area (Å²) >= 11 is 0. The minimum atomic E-state index is 0. The number of hydrogen-bond donors (Lipinski definition) is 0. The van der Waals surface area contributed by atoms with Crippen LogP contribution in [0.3, 0.4) is 0 Å². The Morgan fingerprint density at radius 2 is 1.19 bits per heavy atom. The Labute approximate surface area is 171 Å². The molecule has 2 aliphatic rings. The van der Waals surface area contributed by atoms with Gasteiger partial charge in [-0.15, -0.1) is 46.8 Å². The molecule has 3 heteroatoms. The molecule has 0 saturated carbocycles. The minimum absolute atomic E-state index is 0. The summed E-state index contributed by atoms with van der Waals surface area (Å²) < 4.78 is 0. The van der Waals surface area contributed by atoms with Gasteiger partial charge in [-0.2, -0.15) is 12.2 Å². The maximum Gasteiger partial charge on any atom is 2.00 e. The minimum Gasteiger partial charge on any atom is -0.269 e. The second-order valence-corrected chi connectivity index (χ2v) is 4.82. The van der Waals surface area contributed by atoms with Crippen molar-refractivity contribution in [3.05, 3.63) is 47.6 Å². The van der Waals surface area contributed by atoms with Crippen LogP contribution in [-0.2, 0) is 26.2 Å². The van der Waals surface area contributed by atoms with Gasteiger partial charge in [0.25, 0.3) is 0 Å². The molecule has 0 spiro atoms. The molecule has 0 N–H and O–H groups in total. The Morgan fingerprint density at radius 3 is 1.43 bits per heavy atom. The van der Waals surface area contributed by atoms with Crippen LogP contribution in [-0.4, -0.2) is 0 Å². The molecular formula is C18H28Br2Zr. The Bertz CT molecular complexity index is 307. The maximum atomic E-state index is 3.30. The van der Waals surface area contributed by atoms with E-state index < -0.39 is 0 Å². The van der Waals surface area contributed by atoms with Gasteiger partial charge in [0.1, 0.15) is 0 Å². The van der Waals surface area contributed by atoms with Crippen LogP contribution in [0.1, 0.15) is 65.2 Å². The molecule has 0 amide bonds. The Hall–Kier alpha value is 0.803. The van der Waals surface area contributed by atoms with Gasteiger partial charge in [-0.05, 0) is 0 Å². The van der Waals surface area contributed by atoms with Gasteiger partial charge in [0, 0.05) is 0 Å². The molecule has 21 heavy (non-hydrogen) atoms. The fourth-order valence-corrected chi connectivity index (χ4v) is 1.98. The molecule has 0 aromatic rings. The second-order valence-electron chi connectivity index (χ2n) is 4.82. The van der Waals surface area contributed by atoms with Crippen LogP contribution in [0.5, 0.6) is 0 Å². The Morgan fingerprint density at radius 1 is 0.810 bits per heavy atom. The molecular weight excluding hydrogens is 467 g/mol. The normalized spacial score (nSPS) is 14.0. The van der Waals surface area contributed by atoms with E-state index in [-0.39, 0.29) is 60.2 Å². The van der Waals surface area contributed by atoms with Crippen LogP contribution in [0.15, 0.2) is 35.5 Å². The van der Waals surface area contributed by atoms with E-state index in [1.165, 1.54) is 49.7 Å². The molecule has 0 nitrogen and oxygen atoms in total. The van der Waals surface area contributed by atoms with Gasteiger partial charge in [0.2, 0.25) is 0 Å². The summed E-state index contributed by atoms with van der Waals surface area (Å²) in [5.41, 5.74) is 2.83. The van der Waals surface area contributed by atoms with E-state index in [1.54, 1.807) is 0 Å². The van der Waals surface area contributed by atoms with E-state index in [2.05, 4.69) is 50.3 Å². The van der Waals surface area contributed by atoms with Crippen LogP contribution in [0, 0.1) is 12.2 Å². The Balaban J connectivity index is -0.000000270. The molecule has 0 heterocycles. The molecule has 2 rings (SSSR count). The van der Waals surface area contributed by atoms with E-state index in [1.807, 2.05) is 0 Å². The molecule has 0 radical (unpaired) electrons. The molecule has 0 aromatic carbocycles. The van der Waals surface area contributed by atoms with Crippen molar-refractivity contribution in [3.8, 4) is 0 Å². The summed E-state index contributed by atoms with van der Waals surface area (Å²) in [6.07, 6.45) is 25.1. The number of halogens is 2. The first-order chi connectivity index (χ1) is 8.86. The van der Waals surface area contributed by atoms with Crippen molar-refractivity contribution in [1.82, 2.24) is 0 Å². The van der Waals surface area contributed by atoms with Gasteiger partial charge in [-0.25, -0.2) is 23.3 Å². The van der Waals surface area contributed by atoms with Gasteiger partial charge in [-0.1, -0.05) is 52.4 Å². The molecule has 0 bridgehead atoms. The van der Waals surface area contributed by atoms with Crippen molar-refractivity contribution >= 4 is 34.0 Å². The molecule has 0 aromatic heterocycles. The van der Waals surface area contributed by atoms with Gasteiger partial charge >= 0.3 is 26.2 Å². The van der Waals surface area contributed by atoms with Crippen molar-refractivity contribution in [2.75, 3.05) is 0 Å². The predicted molar refractivity (Wildman–Crippen MR) is 101 cm³/mol. The standard InChI is InChI=1S/2C9H13.2BrH.Zr/c2*1-2-3-6-9-7-4-5-8-9;;;/h2*4,7H,2-3,5-6H2,1H3;2*1H;/q2*-1;;;+2. The molecule has 0 saturated heterocycles. The summed E-state index contributed by atoms with van der Waals surface area (Å²) in [7, 11) is 0. The summed E-state index contributed by atoms with van der Waals surface area (Å²) in [4.78, 5) is 0. The third kappa shape index (κ3) is 14.1. The quantitative estimate of drug-likeness (QED) is 0.352. The molecule has 118 valence electrons. The average molecular weight is 495 g/mol. The van der Waals surface area contributed by atoms with Gasteiger partial charge < -0.3 is 0 Å². The largest absolute Gasteiger partial charge is 2.00 e. The number of unbranched alkanes of at least 4 members (excludes halogenated alkanes) is 2. The van der Waals surface area contributed by atoms with Crippen molar-refractivity contribution in [2.24, 2.45) is 0 Å². The third-order valence-electron chi connectivity index (χ3n) is 3.13. The van der Waals surface area contributed by atoms with E-state index in [0.29, 0.717) is 0 Å². The van der Waals surface area contributed by atoms with E-state index >= 15 is 0 Å². The molecule has 0 atom stereocenters. The topological polar surface area (TPSA) is 0 Å². The van der Waals surface area contributed by atoms with E-state index in [9.17, 15) is 0 Å². The first-order valence-corrected chi connectivity index (χ1v) is 7.39. The van der Waals surface area contributed by atoms with Crippen LogP contribution in [0.4, 0.5) is 0 Å². The number of allylic oxidation sites excluding steroid dienone is 8. The van der Waals surface area contributed by atoms with Crippen LogP contribution >= 0.6 is 34.0 Å². The summed E-state index contributed by atoms with van der Waals surface area (Å²) in [5, 5.41) is 0. The maximum absolute atomic E-state index is 3.30. The van der Waals surface area contributed by atoms with Crippen molar-refractivity contribution in [2.45, 2.75) is 65.2 Å². The molecule has 0 fully saturated rings. The second kappa shape index (κ2) is 18.9. The fourth-order valence-electron chi connectivity index (χ4n) is 1.98. The predicted octanol–water partition coefficient (Wildman–Crippen LogP) is 6.89. The van der Waals surface area contributed by atoms with Crippen LogP contribution in [0.2, 0.25) is 0 Å². The summed E-state index contributed by atoms with van der Waals surface area (Å²) in [5.74, 6) is 0. The SMILES string of the molecule is Br.Br.CCCCC1=[C-]CC=C1.CCCCC1=[C-]CC=C1.[Zr+2]. The van der Waals surface area contributed by atoms with Crippen molar-refractivity contribution < 1.29 is 26.2 Å². The fraction of sp³-hybridized carbons (Fsp3) is 0.556. The third-order valence-corrected chi connectivity index (χ3v) is 3.13.